The average Bonchev–Trinajstić information content (AvgIpc) is 2.77. The summed E-state index contributed by atoms with van der Waals surface area (Å²) in [4.78, 5) is 24.9. The predicted molar refractivity (Wildman–Crippen MR) is 96.8 cm³/mol. The van der Waals surface area contributed by atoms with Crippen molar-refractivity contribution in [1.29, 1.82) is 0 Å². The molecule has 0 fully saturated rings. The Labute approximate surface area is 154 Å². The minimum Gasteiger partial charge on any atom is -0.324 e. The molecule has 0 bridgehead atoms. The van der Waals surface area contributed by atoms with E-state index in [1.165, 1.54) is 19.1 Å². The molecule has 0 saturated carbocycles. The predicted octanol–water partition coefficient (Wildman–Crippen LogP) is 2.93. The highest BCUT2D eigenvalue weighted by atomic mass is 79.9. The molecule has 1 aliphatic heterocycles. The Hall–Kier alpha value is -2.19. The van der Waals surface area contributed by atoms with Crippen LogP contribution in [0.3, 0.4) is 0 Å². The second-order valence-electron chi connectivity index (χ2n) is 5.73. The van der Waals surface area contributed by atoms with Crippen molar-refractivity contribution in [2.45, 2.75) is 24.8 Å². The molecular weight excluding hydrogens is 408 g/mol. The number of sulfonamides is 1. The number of halogens is 1. The molecule has 1 aliphatic rings. The molecule has 1 unspecified atom stereocenters. The maximum absolute atomic E-state index is 12.6. The van der Waals surface area contributed by atoms with Crippen LogP contribution in [0.4, 0.5) is 5.69 Å². The number of carbonyl (C=O) groups excluding carboxylic acids is 2. The Kier molecular flexibility index (Phi) is 4.42. The Bertz CT molecular complexity index is 988. The highest BCUT2D eigenvalue weighted by molar-refractivity contribution is 9.10. The first kappa shape index (κ1) is 17.6. The van der Waals surface area contributed by atoms with E-state index in [1.807, 2.05) is 6.92 Å². The molecule has 0 spiro atoms. The number of fused-ring (bicyclic) bond motifs is 1. The first-order chi connectivity index (χ1) is 11.7. The monoisotopic (exact) mass is 422 g/mol. The van der Waals surface area contributed by atoms with Crippen LogP contribution in [-0.4, -0.2) is 30.6 Å². The van der Waals surface area contributed by atoms with Crippen molar-refractivity contribution >= 4 is 43.5 Å². The molecule has 0 aliphatic carbocycles. The zero-order chi connectivity index (χ0) is 18.4. The third kappa shape index (κ3) is 2.96. The highest BCUT2D eigenvalue weighted by Gasteiger charge is 2.45. The standard InChI is InChI=1S/C17H15BrN2O4S/c1-10-9-12(7-8-14(10)18)19-16(21)11(2)20-17(22)13-5-3-4-6-15(13)25(20,23)24/h3-9,11H,1-2H3,(H,19,21). The van der Waals surface area contributed by atoms with E-state index in [9.17, 15) is 18.0 Å². The van der Waals surface area contributed by atoms with E-state index in [2.05, 4.69) is 21.2 Å². The van der Waals surface area contributed by atoms with Crippen LogP contribution in [0.25, 0.3) is 0 Å². The topological polar surface area (TPSA) is 83.6 Å². The number of aryl methyl sites for hydroxylation is 1. The molecule has 2 amide bonds. The summed E-state index contributed by atoms with van der Waals surface area (Å²) in [5.74, 6) is -1.27. The van der Waals surface area contributed by atoms with Crippen LogP contribution < -0.4 is 5.32 Å². The fourth-order valence-electron chi connectivity index (χ4n) is 2.66. The van der Waals surface area contributed by atoms with Gasteiger partial charge in [-0.1, -0.05) is 28.1 Å². The van der Waals surface area contributed by atoms with Crippen LogP contribution in [0.2, 0.25) is 0 Å². The van der Waals surface area contributed by atoms with Crippen molar-refractivity contribution < 1.29 is 18.0 Å². The van der Waals surface area contributed by atoms with Crippen LogP contribution in [0.15, 0.2) is 51.8 Å². The number of amides is 2. The molecule has 8 heteroatoms. The van der Waals surface area contributed by atoms with E-state index in [4.69, 9.17) is 0 Å². The number of nitrogens with one attached hydrogen (secondary N) is 1. The normalized spacial score (nSPS) is 16.4. The minimum atomic E-state index is -4.03. The fourth-order valence-corrected chi connectivity index (χ4v) is 4.63. The number of nitrogens with zero attached hydrogens (tertiary/aromatic N) is 1. The van der Waals surface area contributed by atoms with Gasteiger partial charge in [-0.05, 0) is 49.7 Å². The molecule has 1 N–H and O–H groups in total. The molecule has 0 aromatic heterocycles. The van der Waals surface area contributed by atoms with E-state index < -0.39 is 27.9 Å². The van der Waals surface area contributed by atoms with Gasteiger partial charge in [-0.25, -0.2) is 12.7 Å². The van der Waals surface area contributed by atoms with Crippen LogP contribution >= 0.6 is 15.9 Å². The SMILES string of the molecule is Cc1cc(NC(=O)C(C)N2C(=O)c3ccccc3S2(=O)=O)ccc1Br. The lowest BCUT2D eigenvalue weighted by Gasteiger charge is -2.22. The fraction of sp³-hybridized carbons (Fsp3) is 0.176. The van der Waals surface area contributed by atoms with Gasteiger partial charge < -0.3 is 5.32 Å². The maximum Gasteiger partial charge on any atom is 0.269 e. The highest BCUT2D eigenvalue weighted by Crippen LogP contribution is 2.32. The third-order valence-electron chi connectivity index (χ3n) is 4.01. The summed E-state index contributed by atoms with van der Waals surface area (Å²) in [5, 5.41) is 2.65. The van der Waals surface area contributed by atoms with Crippen molar-refractivity contribution in [3.63, 3.8) is 0 Å². The summed E-state index contributed by atoms with van der Waals surface area (Å²) in [7, 11) is -4.03. The number of hydrogen-bond donors (Lipinski definition) is 1. The van der Waals surface area contributed by atoms with Gasteiger partial charge in [-0.15, -0.1) is 0 Å². The van der Waals surface area contributed by atoms with Gasteiger partial charge >= 0.3 is 0 Å². The zero-order valence-electron chi connectivity index (χ0n) is 13.5. The van der Waals surface area contributed by atoms with Crippen LogP contribution in [0.1, 0.15) is 22.8 Å². The maximum atomic E-state index is 12.6. The molecule has 25 heavy (non-hydrogen) atoms. The van der Waals surface area contributed by atoms with E-state index in [1.54, 1.807) is 30.3 Å². The molecule has 3 rings (SSSR count). The lowest BCUT2D eigenvalue weighted by atomic mass is 10.2. The summed E-state index contributed by atoms with van der Waals surface area (Å²) in [6.45, 7) is 3.26. The van der Waals surface area contributed by atoms with Crippen molar-refractivity contribution in [3.8, 4) is 0 Å². The number of anilines is 1. The summed E-state index contributed by atoms with van der Waals surface area (Å²) in [6, 6.07) is 9.99. The van der Waals surface area contributed by atoms with Crippen molar-refractivity contribution in [3.05, 3.63) is 58.1 Å². The molecule has 130 valence electrons. The van der Waals surface area contributed by atoms with Gasteiger partial charge in [0, 0.05) is 10.2 Å². The molecule has 1 atom stereocenters. The molecule has 2 aromatic rings. The number of rotatable bonds is 3. The summed E-state index contributed by atoms with van der Waals surface area (Å²) < 4.78 is 26.8. The molecule has 1 heterocycles. The molecule has 6 nitrogen and oxygen atoms in total. The van der Waals surface area contributed by atoms with E-state index in [0.29, 0.717) is 9.99 Å². The largest absolute Gasteiger partial charge is 0.324 e. The Morgan fingerprint density at radius 2 is 1.88 bits per heavy atom. The summed E-state index contributed by atoms with van der Waals surface area (Å²) in [6.07, 6.45) is 0. The summed E-state index contributed by atoms with van der Waals surface area (Å²) in [5.41, 5.74) is 1.53. The van der Waals surface area contributed by atoms with Crippen molar-refractivity contribution in [1.82, 2.24) is 4.31 Å². The molecular formula is C17H15BrN2O4S. The van der Waals surface area contributed by atoms with Crippen LogP contribution in [0, 0.1) is 6.92 Å². The zero-order valence-corrected chi connectivity index (χ0v) is 15.9. The van der Waals surface area contributed by atoms with Gasteiger partial charge in [0.1, 0.15) is 10.9 Å². The van der Waals surface area contributed by atoms with Gasteiger partial charge in [-0.3, -0.25) is 9.59 Å². The molecule has 0 saturated heterocycles. The Morgan fingerprint density at radius 3 is 2.52 bits per heavy atom. The quantitative estimate of drug-likeness (QED) is 0.823. The summed E-state index contributed by atoms with van der Waals surface area (Å²) >= 11 is 3.37. The lowest BCUT2D eigenvalue weighted by Crippen LogP contribution is -2.45. The number of benzene rings is 2. The Morgan fingerprint density at radius 1 is 1.20 bits per heavy atom. The number of hydrogen-bond acceptors (Lipinski definition) is 4. The second-order valence-corrected chi connectivity index (χ2v) is 8.37. The van der Waals surface area contributed by atoms with Gasteiger partial charge in [0.15, 0.2) is 0 Å². The van der Waals surface area contributed by atoms with E-state index in [-0.39, 0.29) is 10.5 Å². The van der Waals surface area contributed by atoms with Gasteiger partial charge in [0.05, 0.1) is 5.56 Å². The van der Waals surface area contributed by atoms with E-state index >= 15 is 0 Å². The third-order valence-corrected chi connectivity index (χ3v) is 6.81. The van der Waals surface area contributed by atoms with Gasteiger partial charge in [0.25, 0.3) is 15.9 Å². The first-order valence-corrected chi connectivity index (χ1v) is 9.71. The van der Waals surface area contributed by atoms with Crippen molar-refractivity contribution in [2.75, 3.05) is 5.32 Å². The minimum absolute atomic E-state index is 0.0702. The van der Waals surface area contributed by atoms with Crippen molar-refractivity contribution in [2.24, 2.45) is 0 Å². The smallest absolute Gasteiger partial charge is 0.269 e. The molecule has 2 aromatic carbocycles. The first-order valence-electron chi connectivity index (χ1n) is 7.48. The number of carbonyl (C=O) groups is 2. The second kappa shape index (κ2) is 6.27. The lowest BCUT2D eigenvalue weighted by molar-refractivity contribution is -0.118. The molecule has 0 radical (unpaired) electrons. The van der Waals surface area contributed by atoms with E-state index in [0.717, 1.165) is 10.0 Å². The Balaban J connectivity index is 1.88. The average molecular weight is 423 g/mol. The van der Waals surface area contributed by atoms with Gasteiger partial charge in [0.2, 0.25) is 5.91 Å². The van der Waals surface area contributed by atoms with Gasteiger partial charge in [-0.2, -0.15) is 0 Å². The van der Waals surface area contributed by atoms with Crippen LogP contribution in [0.5, 0.6) is 0 Å². The van der Waals surface area contributed by atoms with Crippen LogP contribution in [-0.2, 0) is 14.8 Å².